The highest BCUT2D eigenvalue weighted by atomic mass is 79.9. The van der Waals surface area contributed by atoms with Crippen molar-refractivity contribution in [2.45, 2.75) is 180 Å². The fourth-order valence-electron chi connectivity index (χ4n) is 7.00. The molecule has 8 unspecified atom stereocenters. The van der Waals surface area contributed by atoms with Gasteiger partial charge in [0.25, 0.3) is 0 Å². The summed E-state index contributed by atoms with van der Waals surface area (Å²) >= 11 is 3.42. The third-order valence-electron chi connectivity index (χ3n) is 10.6. The number of nitrogens with two attached hydrogens (primary N) is 1. The predicted molar refractivity (Wildman–Crippen MR) is 200 cm³/mol. The van der Waals surface area contributed by atoms with Gasteiger partial charge < -0.3 is 111 Å². The van der Waals surface area contributed by atoms with Crippen LogP contribution in [0, 0.1) is 0 Å². The van der Waals surface area contributed by atoms with Gasteiger partial charge in [-0.1, -0.05) is 54.5 Å². The zero-order valence-electron chi connectivity index (χ0n) is 32.5. The summed E-state index contributed by atoms with van der Waals surface area (Å²) in [6.45, 7) is -2.58. The second kappa shape index (κ2) is 26.0. The third-order valence-corrected chi connectivity index (χ3v) is 11.2. The summed E-state index contributed by atoms with van der Waals surface area (Å²) in [7, 11) is 0. The molecule has 24 heteroatoms. The van der Waals surface area contributed by atoms with E-state index in [1.54, 1.807) is 0 Å². The highest BCUT2D eigenvalue weighted by molar-refractivity contribution is 9.09. The molecule has 4 aliphatic heterocycles. The Morgan fingerprint density at radius 1 is 0.492 bits per heavy atom. The lowest BCUT2D eigenvalue weighted by Crippen LogP contribution is -2.66. The van der Waals surface area contributed by atoms with Gasteiger partial charge in [-0.05, 0) is 12.8 Å². The van der Waals surface area contributed by atoms with Gasteiger partial charge in [-0.25, -0.2) is 0 Å². The number of hydrogen-bond donors (Lipinski definition) is 16. The molecule has 0 bridgehead atoms. The van der Waals surface area contributed by atoms with Gasteiger partial charge in [0.1, 0.15) is 104 Å². The van der Waals surface area contributed by atoms with Crippen molar-refractivity contribution in [3.8, 4) is 0 Å². The van der Waals surface area contributed by atoms with E-state index in [0.29, 0.717) is 6.42 Å². The Kier molecular flexibility index (Phi) is 23.1. The molecule has 17 N–H and O–H groups in total. The molecule has 59 heavy (non-hydrogen) atoms. The number of alkyl halides is 1. The molecule has 20 atom stereocenters. The van der Waals surface area contributed by atoms with Crippen molar-refractivity contribution >= 4 is 21.8 Å². The van der Waals surface area contributed by atoms with Crippen molar-refractivity contribution in [1.29, 1.82) is 0 Å². The van der Waals surface area contributed by atoms with Crippen LogP contribution in [0.3, 0.4) is 0 Å². The first-order valence-corrected chi connectivity index (χ1v) is 21.0. The molecule has 0 spiro atoms. The van der Waals surface area contributed by atoms with Crippen LogP contribution in [-0.4, -0.2) is 232 Å². The minimum atomic E-state index is -1.74. The molecule has 0 saturated carbocycles. The van der Waals surface area contributed by atoms with Gasteiger partial charge in [0.2, 0.25) is 5.91 Å². The predicted octanol–water partition coefficient (Wildman–Crippen LogP) is -6.80. The Bertz CT molecular complexity index is 1180. The highest BCUT2D eigenvalue weighted by Crippen LogP contribution is 2.30. The Morgan fingerprint density at radius 3 is 1.34 bits per heavy atom. The molecular formula is C35H65BrN2O21. The topological polar surface area (TPSA) is 394 Å². The first-order chi connectivity index (χ1) is 28.1. The summed E-state index contributed by atoms with van der Waals surface area (Å²) in [4.78, 5) is 12.3. The van der Waals surface area contributed by atoms with Gasteiger partial charge >= 0.3 is 0 Å². The first-order valence-electron chi connectivity index (χ1n) is 19.8. The monoisotopic (exact) mass is 928 g/mol. The van der Waals surface area contributed by atoms with Crippen LogP contribution < -0.4 is 11.1 Å². The van der Waals surface area contributed by atoms with Crippen molar-refractivity contribution in [2.24, 2.45) is 5.73 Å². The summed E-state index contributed by atoms with van der Waals surface area (Å²) in [6.07, 6.45) is -20.7. The number of hydrogen-bond acceptors (Lipinski definition) is 22. The van der Waals surface area contributed by atoms with Crippen molar-refractivity contribution < 1.29 is 105 Å². The lowest BCUT2D eigenvalue weighted by atomic mass is 9.96. The van der Waals surface area contributed by atoms with Crippen molar-refractivity contribution in [3.63, 3.8) is 0 Å². The van der Waals surface area contributed by atoms with E-state index in [1.807, 2.05) is 0 Å². The number of amides is 1. The van der Waals surface area contributed by atoms with Gasteiger partial charge in [0.15, 0.2) is 18.8 Å². The maximum absolute atomic E-state index is 12.3. The Labute approximate surface area is 349 Å². The lowest BCUT2D eigenvalue weighted by molar-refractivity contribution is -0.343. The Hall–Kier alpha value is -0.890. The molecule has 4 saturated heterocycles. The quantitative estimate of drug-likeness (QED) is 0.0423. The fraction of sp³-hybridized carbons (Fsp3) is 0.971. The van der Waals surface area contributed by atoms with E-state index in [-0.39, 0.29) is 12.3 Å². The second-order valence-electron chi connectivity index (χ2n) is 15.0. The molecule has 348 valence electrons. The van der Waals surface area contributed by atoms with E-state index in [9.17, 15) is 71.2 Å². The molecule has 4 aliphatic rings. The number of aliphatic hydroxyl groups excluding tert-OH is 14. The maximum atomic E-state index is 12.3. The average Bonchev–Trinajstić information content (AvgIpc) is 3.23. The zero-order valence-corrected chi connectivity index (χ0v) is 34.1. The van der Waals surface area contributed by atoms with E-state index in [4.69, 9.17) is 39.3 Å². The number of halogens is 1. The Morgan fingerprint density at radius 2 is 0.898 bits per heavy atom. The number of carbonyl (C=O) groups is 1. The van der Waals surface area contributed by atoms with Gasteiger partial charge in [-0.2, -0.15) is 0 Å². The van der Waals surface area contributed by atoms with Crippen LogP contribution in [0.25, 0.3) is 0 Å². The van der Waals surface area contributed by atoms with Gasteiger partial charge in [-0.3, -0.25) is 4.79 Å². The first kappa shape index (κ1) is 52.5. The SMILES string of the molecule is N[C@@H]1OC(CO)[C@@H](O[C@@H]2OC(CO)[C@H](O)[C@H](O)C2O)[C@H](O)C1O.O=C(CCCCCCCCCCBr)N[C@@H]1OC(CO)[C@@H](O[C@@H]2OC(CO)[C@H](O)[C@H](O)C2O)[C@H](O)C1O. The summed E-state index contributed by atoms with van der Waals surface area (Å²) in [6, 6.07) is 0. The number of aliphatic hydroxyl groups is 14. The summed E-state index contributed by atoms with van der Waals surface area (Å²) < 4.78 is 31.9. The molecule has 4 fully saturated rings. The number of nitrogens with one attached hydrogen (secondary N) is 1. The largest absolute Gasteiger partial charge is 0.394 e. The van der Waals surface area contributed by atoms with Gasteiger partial charge in [0.05, 0.1) is 26.4 Å². The van der Waals surface area contributed by atoms with Gasteiger partial charge in [0, 0.05) is 11.8 Å². The van der Waals surface area contributed by atoms with E-state index in [1.165, 1.54) is 25.7 Å². The average molecular weight is 930 g/mol. The molecular weight excluding hydrogens is 864 g/mol. The normalized spacial score (nSPS) is 42.8. The lowest BCUT2D eigenvalue weighted by Gasteiger charge is -2.46. The van der Waals surface area contributed by atoms with Gasteiger partial charge in [-0.15, -0.1) is 0 Å². The Balaban J connectivity index is 0.000000347. The summed E-state index contributed by atoms with van der Waals surface area (Å²) in [5.41, 5.74) is 5.46. The van der Waals surface area contributed by atoms with E-state index in [2.05, 4.69) is 21.2 Å². The number of carbonyl (C=O) groups excluding carboxylic acids is 1. The van der Waals surface area contributed by atoms with Crippen molar-refractivity contribution in [3.05, 3.63) is 0 Å². The molecule has 4 heterocycles. The molecule has 0 radical (unpaired) electrons. The minimum Gasteiger partial charge on any atom is -0.394 e. The van der Waals surface area contributed by atoms with E-state index in [0.717, 1.165) is 24.6 Å². The third kappa shape index (κ3) is 14.3. The van der Waals surface area contributed by atoms with Crippen LogP contribution in [0.5, 0.6) is 0 Å². The van der Waals surface area contributed by atoms with Crippen LogP contribution in [0.2, 0.25) is 0 Å². The standard InChI is InChI=1S/C23H42BrNO11.C12H23NO10/c24-10-8-6-4-2-1-3-5-7-9-15(28)25-22-19(32)18(31)21(14(12-27)34-22)36-23-20(33)17(30)16(29)13(11-26)35-23;13-11-8(19)7(18)10(4(2-15)21-11)23-12-9(20)6(17)5(16)3(1-14)22-12/h13-14,16-23,26-27,29-33H,1-12H2,(H,25,28);3-12,14-20H,1-2,13H2/t13?,14?,16-,17-,18+,19?,20?,21+,22+,23-;3?,4?,5-,6-,7+,8?,9?,10+,11+,12-/m00/s1. The molecule has 0 aromatic heterocycles. The molecule has 0 aromatic carbocycles. The number of unbranched alkanes of at least 4 members (excludes halogenated alkanes) is 7. The molecule has 0 aliphatic carbocycles. The fourth-order valence-corrected chi connectivity index (χ4v) is 7.39. The minimum absolute atomic E-state index is 0.223. The molecule has 1 amide bonds. The molecule has 4 rings (SSSR count). The van der Waals surface area contributed by atoms with Crippen molar-refractivity contribution in [1.82, 2.24) is 5.32 Å². The molecule has 23 nitrogen and oxygen atoms in total. The number of rotatable bonds is 19. The highest BCUT2D eigenvalue weighted by Gasteiger charge is 2.52. The maximum Gasteiger partial charge on any atom is 0.222 e. The molecule has 0 aromatic rings. The van der Waals surface area contributed by atoms with Crippen LogP contribution >= 0.6 is 15.9 Å². The number of ether oxygens (including phenoxy) is 6. The van der Waals surface area contributed by atoms with Crippen LogP contribution in [0.15, 0.2) is 0 Å². The van der Waals surface area contributed by atoms with E-state index >= 15 is 0 Å². The van der Waals surface area contributed by atoms with Crippen LogP contribution in [-0.2, 0) is 33.2 Å². The zero-order chi connectivity index (χ0) is 44.0. The van der Waals surface area contributed by atoms with Crippen LogP contribution in [0.4, 0.5) is 0 Å². The summed E-state index contributed by atoms with van der Waals surface area (Å²) in [5.74, 6) is -0.367. The van der Waals surface area contributed by atoms with Crippen molar-refractivity contribution in [2.75, 3.05) is 31.8 Å². The second-order valence-corrected chi connectivity index (χ2v) is 15.8. The smallest absolute Gasteiger partial charge is 0.222 e. The van der Waals surface area contributed by atoms with E-state index < -0.39 is 149 Å². The summed E-state index contributed by atoms with van der Waals surface area (Å²) in [5, 5.41) is 141. The van der Waals surface area contributed by atoms with Crippen LogP contribution in [0.1, 0.15) is 57.8 Å².